The molecule has 0 bridgehead atoms. The van der Waals surface area contributed by atoms with Gasteiger partial charge in [-0.15, -0.1) is 0 Å². The van der Waals surface area contributed by atoms with Crippen molar-refractivity contribution in [2.45, 2.75) is 5.92 Å². The third-order valence-electron chi connectivity index (χ3n) is 2.66. The van der Waals surface area contributed by atoms with Gasteiger partial charge in [0.1, 0.15) is 0 Å². The lowest BCUT2D eigenvalue weighted by molar-refractivity contribution is -0.135. The first-order chi connectivity index (χ1) is 8.22. The Morgan fingerprint density at radius 1 is 1.18 bits per heavy atom. The van der Waals surface area contributed by atoms with E-state index in [4.69, 9.17) is 0 Å². The Kier molecular flexibility index (Phi) is 3.19. The van der Waals surface area contributed by atoms with Gasteiger partial charge in [-0.2, -0.15) is 0 Å². The van der Waals surface area contributed by atoms with E-state index in [1.807, 2.05) is 30.3 Å². The zero-order valence-corrected chi connectivity index (χ0v) is 9.42. The maximum absolute atomic E-state index is 11.8. The van der Waals surface area contributed by atoms with Gasteiger partial charge in [-0.3, -0.25) is 4.79 Å². The van der Waals surface area contributed by atoms with Crippen LogP contribution in [0.5, 0.6) is 0 Å². The number of allylic oxidation sites excluding steroid dienone is 2. The van der Waals surface area contributed by atoms with E-state index in [1.165, 1.54) is 19.3 Å². The summed E-state index contributed by atoms with van der Waals surface area (Å²) in [5.74, 6) is -0.839. The van der Waals surface area contributed by atoms with Crippen LogP contribution >= 0.6 is 0 Å². The van der Waals surface area contributed by atoms with Gasteiger partial charge in [-0.25, -0.2) is 4.79 Å². The molecule has 0 fully saturated rings. The largest absolute Gasteiger partial charge is 0.465 e. The molecule has 1 atom stereocenters. The maximum Gasteiger partial charge on any atom is 0.337 e. The Balaban J connectivity index is 2.34. The van der Waals surface area contributed by atoms with Crippen molar-refractivity contribution in [1.82, 2.24) is 0 Å². The summed E-state index contributed by atoms with van der Waals surface area (Å²) in [6.45, 7) is 0. The molecule has 0 saturated heterocycles. The lowest BCUT2D eigenvalue weighted by Gasteiger charge is -2.14. The number of hydrogen-bond donors (Lipinski definition) is 0. The van der Waals surface area contributed by atoms with Crippen molar-refractivity contribution in [3.05, 3.63) is 59.7 Å². The first kappa shape index (κ1) is 11.3. The molecular formula is C14H12O3. The van der Waals surface area contributed by atoms with Gasteiger partial charge in [0.25, 0.3) is 0 Å². The number of methoxy groups -OCH3 is 1. The number of carbonyl (C=O) groups excluding carboxylic acids is 2. The molecule has 0 saturated carbocycles. The molecule has 1 unspecified atom stereocenters. The highest BCUT2D eigenvalue weighted by atomic mass is 16.5. The average molecular weight is 228 g/mol. The number of rotatable bonds is 2. The van der Waals surface area contributed by atoms with Crippen LogP contribution in [-0.2, 0) is 14.3 Å². The second-order valence-corrected chi connectivity index (χ2v) is 3.74. The summed E-state index contributed by atoms with van der Waals surface area (Å²) in [7, 11) is 1.32. The van der Waals surface area contributed by atoms with Gasteiger partial charge in [0, 0.05) is 0 Å². The topological polar surface area (TPSA) is 43.4 Å². The van der Waals surface area contributed by atoms with Crippen molar-refractivity contribution in [2.24, 2.45) is 0 Å². The summed E-state index contributed by atoms with van der Waals surface area (Å²) in [6.07, 6.45) is 4.56. The molecule has 2 rings (SSSR count). The quantitative estimate of drug-likeness (QED) is 0.727. The normalized spacial score (nSPS) is 18.8. The fourth-order valence-electron chi connectivity index (χ4n) is 1.77. The minimum absolute atomic E-state index is 0.0242. The van der Waals surface area contributed by atoms with E-state index < -0.39 is 11.9 Å². The van der Waals surface area contributed by atoms with Crippen molar-refractivity contribution in [3.8, 4) is 0 Å². The van der Waals surface area contributed by atoms with E-state index in [9.17, 15) is 9.59 Å². The van der Waals surface area contributed by atoms with E-state index in [-0.39, 0.29) is 5.78 Å². The first-order valence-corrected chi connectivity index (χ1v) is 5.29. The van der Waals surface area contributed by atoms with Crippen LogP contribution in [0.4, 0.5) is 0 Å². The summed E-state index contributed by atoms with van der Waals surface area (Å²) in [5, 5.41) is 0. The molecule has 0 spiro atoms. The minimum atomic E-state index is -0.422. The average Bonchev–Trinajstić information content (AvgIpc) is 2.39. The second kappa shape index (κ2) is 4.78. The lowest BCUT2D eigenvalue weighted by atomic mass is 9.89. The summed E-state index contributed by atoms with van der Waals surface area (Å²) in [6, 6.07) is 9.36. The zero-order valence-electron chi connectivity index (χ0n) is 9.42. The van der Waals surface area contributed by atoms with Gasteiger partial charge in [0.2, 0.25) is 0 Å². The zero-order chi connectivity index (χ0) is 12.3. The standard InChI is InChI=1S/C14H12O3/c1-17-14(16)11-7-8-13(15)12(9-11)10-5-3-2-4-6-10/h2-9,12H,1H3. The highest BCUT2D eigenvalue weighted by Gasteiger charge is 2.22. The molecule has 1 aromatic carbocycles. The predicted octanol–water partition coefficient (Wildman–Crippen LogP) is 2.01. The van der Waals surface area contributed by atoms with Gasteiger partial charge in [0.15, 0.2) is 5.78 Å². The van der Waals surface area contributed by atoms with Crippen LogP contribution in [0.25, 0.3) is 0 Å². The fraction of sp³-hybridized carbons (Fsp3) is 0.143. The smallest absolute Gasteiger partial charge is 0.337 e. The number of carbonyl (C=O) groups is 2. The molecule has 0 aromatic heterocycles. The van der Waals surface area contributed by atoms with Gasteiger partial charge in [0.05, 0.1) is 18.6 Å². The molecule has 0 aliphatic heterocycles. The van der Waals surface area contributed by atoms with Crippen molar-refractivity contribution in [3.63, 3.8) is 0 Å². The molecule has 0 amide bonds. The first-order valence-electron chi connectivity index (χ1n) is 5.29. The summed E-state index contributed by atoms with van der Waals surface area (Å²) >= 11 is 0. The predicted molar refractivity (Wildman–Crippen MR) is 63.4 cm³/mol. The fourth-order valence-corrected chi connectivity index (χ4v) is 1.77. The van der Waals surface area contributed by atoms with Gasteiger partial charge in [-0.1, -0.05) is 36.4 Å². The molecule has 3 heteroatoms. The Morgan fingerprint density at radius 3 is 2.53 bits per heavy atom. The summed E-state index contributed by atoms with van der Waals surface area (Å²) in [4.78, 5) is 23.2. The van der Waals surface area contributed by atoms with Crippen LogP contribution in [0.1, 0.15) is 11.5 Å². The lowest BCUT2D eigenvalue weighted by Crippen LogP contribution is -2.15. The summed E-state index contributed by atoms with van der Waals surface area (Å²) < 4.78 is 4.64. The number of hydrogen-bond acceptors (Lipinski definition) is 3. The molecule has 86 valence electrons. The van der Waals surface area contributed by atoms with E-state index in [0.29, 0.717) is 5.57 Å². The van der Waals surface area contributed by atoms with E-state index in [2.05, 4.69) is 4.74 Å². The molecule has 0 N–H and O–H groups in total. The molecule has 17 heavy (non-hydrogen) atoms. The monoisotopic (exact) mass is 228 g/mol. The van der Waals surface area contributed by atoms with Crippen LogP contribution in [0.15, 0.2) is 54.1 Å². The Hall–Kier alpha value is -2.16. The van der Waals surface area contributed by atoms with Gasteiger partial charge >= 0.3 is 5.97 Å². The van der Waals surface area contributed by atoms with E-state index in [1.54, 1.807) is 6.08 Å². The second-order valence-electron chi connectivity index (χ2n) is 3.74. The Bertz CT molecular complexity index is 497. The van der Waals surface area contributed by atoms with Crippen molar-refractivity contribution in [1.29, 1.82) is 0 Å². The highest BCUT2D eigenvalue weighted by molar-refractivity contribution is 6.03. The molecule has 1 aliphatic carbocycles. The van der Waals surface area contributed by atoms with Crippen LogP contribution in [-0.4, -0.2) is 18.9 Å². The van der Waals surface area contributed by atoms with Crippen LogP contribution < -0.4 is 0 Å². The van der Waals surface area contributed by atoms with Gasteiger partial charge < -0.3 is 4.74 Å². The summed E-state index contributed by atoms with van der Waals surface area (Å²) in [5.41, 5.74) is 1.30. The van der Waals surface area contributed by atoms with Crippen LogP contribution in [0.2, 0.25) is 0 Å². The Morgan fingerprint density at radius 2 is 1.88 bits per heavy atom. The molecular weight excluding hydrogens is 216 g/mol. The third-order valence-corrected chi connectivity index (χ3v) is 2.66. The highest BCUT2D eigenvalue weighted by Crippen LogP contribution is 2.24. The number of ether oxygens (including phenoxy) is 1. The van der Waals surface area contributed by atoms with Crippen LogP contribution in [0, 0.1) is 0 Å². The molecule has 0 heterocycles. The van der Waals surface area contributed by atoms with E-state index >= 15 is 0 Å². The number of benzene rings is 1. The van der Waals surface area contributed by atoms with Crippen molar-refractivity contribution < 1.29 is 14.3 Å². The minimum Gasteiger partial charge on any atom is -0.465 e. The SMILES string of the molecule is COC(=O)C1=CC(c2ccccc2)C(=O)C=C1. The number of ketones is 1. The maximum atomic E-state index is 11.8. The third kappa shape index (κ3) is 2.33. The van der Waals surface area contributed by atoms with E-state index in [0.717, 1.165) is 5.56 Å². The molecule has 3 nitrogen and oxygen atoms in total. The molecule has 1 aromatic rings. The van der Waals surface area contributed by atoms with Crippen molar-refractivity contribution >= 4 is 11.8 Å². The number of esters is 1. The van der Waals surface area contributed by atoms with Crippen LogP contribution in [0.3, 0.4) is 0 Å². The molecule has 0 radical (unpaired) electrons. The van der Waals surface area contributed by atoms with Gasteiger partial charge in [-0.05, 0) is 17.7 Å². The molecule has 1 aliphatic rings. The Labute approximate surface area is 99.4 Å². The van der Waals surface area contributed by atoms with Crippen molar-refractivity contribution in [2.75, 3.05) is 7.11 Å².